The normalized spacial score (nSPS) is 18.3. The molecule has 1 aliphatic carbocycles. The number of anilines is 1. The second-order valence-corrected chi connectivity index (χ2v) is 14.0. The van der Waals surface area contributed by atoms with E-state index in [1.807, 2.05) is 61.5 Å². The molecule has 2 heterocycles. The second kappa shape index (κ2) is 13.1. The lowest BCUT2D eigenvalue weighted by molar-refractivity contribution is 0.410. The predicted molar refractivity (Wildman–Crippen MR) is 214 cm³/mol. The summed E-state index contributed by atoms with van der Waals surface area (Å²) in [7, 11) is 0. The van der Waals surface area contributed by atoms with E-state index in [4.69, 9.17) is 12.6 Å². The molecule has 5 nitrogen and oxygen atoms in total. The van der Waals surface area contributed by atoms with Gasteiger partial charge >= 0.3 is 0 Å². The first-order valence-electron chi connectivity index (χ1n) is 17.5. The van der Waals surface area contributed by atoms with Gasteiger partial charge in [-0.3, -0.25) is 0 Å². The van der Waals surface area contributed by atoms with Crippen LogP contribution in [-0.4, -0.2) is 16.4 Å². The summed E-state index contributed by atoms with van der Waals surface area (Å²) >= 11 is 4.87. The molecule has 2 aliphatic rings. The van der Waals surface area contributed by atoms with E-state index in [2.05, 4.69) is 107 Å². The lowest BCUT2D eigenvalue weighted by atomic mass is 9.74. The number of hydrogen-bond acceptors (Lipinski definition) is 5. The van der Waals surface area contributed by atoms with Gasteiger partial charge in [-0.1, -0.05) is 79.7 Å². The molecule has 0 N–H and O–H groups in total. The van der Waals surface area contributed by atoms with Crippen LogP contribution in [0.4, 0.5) is 5.69 Å². The molecule has 0 fully saturated rings. The van der Waals surface area contributed by atoms with Gasteiger partial charge in [0.25, 0.3) is 0 Å². The fourth-order valence-corrected chi connectivity index (χ4v) is 8.78. The van der Waals surface area contributed by atoms with Gasteiger partial charge in [-0.25, -0.2) is 0 Å². The van der Waals surface area contributed by atoms with E-state index in [1.165, 1.54) is 5.57 Å². The van der Waals surface area contributed by atoms with Crippen LogP contribution in [0, 0.1) is 39.4 Å². The minimum Gasteiger partial charge on any atom is -0.332 e. The van der Waals surface area contributed by atoms with Crippen molar-refractivity contribution >= 4 is 40.1 Å². The van der Waals surface area contributed by atoms with Crippen LogP contribution in [0.3, 0.4) is 0 Å². The molecule has 0 saturated carbocycles. The Hall–Kier alpha value is -6.26. The summed E-state index contributed by atoms with van der Waals surface area (Å²) in [5.41, 5.74) is 11.8. The smallest absolute Gasteiger partial charge is 0.0992 e. The molecule has 1 aliphatic heterocycles. The second-order valence-electron chi connectivity index (χ2n) is 13.6. The van der Waals surface area contributed by atoms with Gasteiger partial charge < -0.3 is 9.47 Å². The number of aromatic nitrogens is 1. The zero-order chi connectivity index (χ0) is 36.0. The number of fused-ring (bicyclic) bond motifs is 3. The van der Waals surface area contributed by atoms with Crippen LogP contribution in [-0.2, 0) is 0 Å². The van der Waals surface area contributed by atoms with Crippen LogP contribution < -0.4 is 4.90 Å². The lowest BCUT2D eigenvalue weighted by Crippen LogP contribution is -2.43. The van der Waals surface area contributed by atoms with Crippen molar-refractivity contribution in [2.24, 2.45) is 5.41 Å². The Balaban J connectivity index is 1.34. The van der Waals surface area contributed by atoms with Gasteiger partial charge in [0, 0.05) is 44.5 Å². The zero-order valence-corrected chi connectivity index (χ0v) is 29.9. The molecular weight excluding hydrogens is 655 g/mol. The third-order valence-electron chi connectivity index (χ3n) is 10.8. The monoisotopic (exact) mass is 689 g/mol. The van der Waals surface area contributed by atoms with Gasteiger partial charge in [0.2, 0.25) is 0 Å². The van der Waals surface area contributed by atoms with E-state index in [0.29, 0.717) is 22.5 Å². The van der Waals surface area contributed by atoms with Gasteiger partial charge in [0.1, 0.15) is 0 Å². The average Bonchev–Trinajstić information content (AvgIpc) is 3.67. The van der Waals surface area contributed by atoms with Crippen LogP contribution in [0.5, 0.6) is 0 Å². The minimum atomic E-state index is -0.364. The summed E-state index contributed by atoms with van der Waals surface area (Å²) in [5, 5.41) is 32.6. The van der Waals surface area contributed by atoms with Gasteiger partial charge in [0.05, 0.1) is 52.1 Å². The summed E-state index contributed by atoms with van der Waals surface area (Å²) in [5.74, 6) is 0.588. The molecule has 1 aromatic heterocycles. The standard InChI is InChI=1S/C46H35N5S/c1-3-32(28-49)45-46(2,29-52)40-16-8-11-19-44(40)50(45)34-23-31(27-48)22-33(25-34)35-12-4-5-13-36(35)37-14-6-9-17-41(37)51-42-18-10-7-15-38(42)39-24-30(26-47)20-21-43(39)51/h3-7,9-15,17-25,45,52H,8,16,29H2,1-2H3/b32-3-. The Morgan fingerprint density at radius 1 is 0.808 bits per heavy atom. The Morgan fingerprint density at radius 3 is 2.27 bits per heavy atom. The summed E-state index contributed by atoms with van der Waals surface area (Å²) < 4.78 is 2.28. The third kappa shape index (κ3) is 5.05. The number of thiol groups is 1. The molecule has 250 valence electrons. The molecular formula is C46H35N5S. The van der Waals surface area contributed by atoms with Crippen molar-refractivity contribution < 1.29 is 0 Å². The quantitative estimate of drug-likeness (QED) is 0.139. The first-order valence-corrected chi connectivity index (χ1v) is 18.1. The summed E-state index contributed by atoms with van der Waals surface area (Å²) in [6.07, 6.45) is 8.15. The van der Waals surface area contributed by atoms with Crippen molar-refractivity contribution in [3.63, 3.8) is 0 Å². The molecule has 6 aromatic rings. The van der Waals surface area contributed by atoms with Crippen LogP contribution in [0.15, 0.2) is 144 Å². The van der Waals surface area contributed by atoms with Crippen molar-refractivity contribution in [2.45, 2.75) is 32.7 Å². The molecule has 6 heteroatoms. The summed E-state index contributed by atoms with van der Waals surface area (Å²) in [6, 6.07) is 44.0. The van der Waals surface area contributed by atoms with Crippen molar-refractivity contribution in [1.82, 2.24) is 4.57 Å². The van der Waals surface area contributed by atoms with Gasteiger partial charge in [-0.15, -0.1) is 0 Å². The lowest BCUT2D eigenvalue weighted by Gasteiger charge is -2.37. The molecule has 0 spiro atoms. The largest absolute Gasteiger partial charge is 0.332 e. The highest BCUT2D eigenvalue weighted by molar-refractivity contribution is 7.80. The minimum absolute atomic E-state index is 0.262. The van der Waals surface area contributed by atoms with E-state index in [-0.39, 0.29) is 11.5 Å². The molecule has 0 saturated heterocycles. The van der Waals surface area contributed by atoms with Gasteiger partial charge in [-0.05, 0) is 96.6 Å². The van der Waals surface area contributed by atoms with Crippen molar-refractivity contribution in [3.05, 3.63) is 155 Å². The number of allylic oxidation sites excluding steroid dienone is 3. The number of nitrogens with zero attached hydrogens (tertiary/aromatic N) is 5. The molecule has 0 amide bonds. The Bertz CT molecular complexity index is 2650. The van der Waals surface area contributed by atoms with E-state index >= 15 is 0 Å². The van der Waals surface area contributed by atoms with Crippen LogP contribution in [0.1, 0.15) is 37.8 Å². The molecule has 0 bridgehead atoms. The number of benzene rings is 5. The zero-order valence-electron chi connectivity index (χ0n) is 29.0. The van der Waals surface area contributed by atoms with Crippen LogP contribution in [0.2, 0.25) is 0 Å². The van der Waals surface area contributed by atoms with Crippen LogP contribution >= 0.6 is 12.6 Å². The fourth-order valence-electron chi connectivity index (χ4n) is 8.42. The highest BCUT2D eigenvalue weighted by atomic mass is 32.1. The number of hydrogen-bond donors (Lipinski definition) is 1. The maximum absolute atomic E-state index is 10.4. The molecule has 52 heavy (non-hydrogen) atoms. The van der Waals surface area contributed by atoms with E-state index < -0.39 is 0 Å². The van der Waals surface area contributed by atoms with Gasteiger partial charge in [0.15, 0.2) is 0 Å². The SMILES string of the molecule is C/C=C(/C#N)C1N(c2cc(C#N)cc(-c3ccccc3-c3ccccc3-n3c4ccccc4c4cc(C#N)ccc43)c2)C2=C(CCC=C2)C1(C)CS. The van der Waals surface area contributed by atoms with Crippen molar-refractivity contribution in [3.8, 4) is 46.1 Å². The molecule has 0 radical (unpaired) electrons. The maximum atomic E-state index is 10.4. The van der Waals surface area contributed by atoms with Crippen molar-refractivity contribution in [2.75, 3.05) is 10.7 Å². The van der Waals surface area contributed by atoms with E-state index in [9.17, 15) is 15.8 Å². The molecule has 2 unspecified atom stereocenters. The van der Waals surface area contributed by atoms with Crippen LogP contribution in [0.25, 0.3) is 49.7 Å². The Labute approximate surface area is 309 Å². The van der Waals surface area contributed by atoms with Crippen molar-refractivity contribution in [1.29, 1.82) is 15.8 Å². The highest BCUT2D eigenvalue weighted by Gasteiger charge is 2.50. The highest BCUT2D eigenvalue weighted by Crippen LogP contribution is 2.53. The maximum Gasteiger partial charge on any atom is 0.0992 e. The van der Waals surface area contributed by atoms with E-state index in [0.717, 1.165) is 74.0 Å². The number of para-hydroxylation sites is 2. The average molecular weight is 690 g/mol. The number of rotatable bonds is 6. The molecule has 8 rings (SSSR count). The summed E-state index contributed by atoms with van der Waals surface area (Å²) in [4.78, 5) is 2.27. The van der Waals surface area contributed by atoms with Gasteiger partial charge in [-0.2, -0.15) is 28.4 Å². The van der Waals surface area contributed by atoms with E-state index in [1.54, 1.807) is 0 Å². The topological polar surface area (TPSA) is 79.5 Å². The summed E-state index contributed by atoms with van der Waals surface area (Å²) in [6.45, 7) is 4.14. The predicted octanol–water partition coefficient (Wildman–Crippen LogP) is 11.1. The first kappa shape index (κ1) is 32.9. The Kier molecular flexibility index (Phi) is 8.31. The third-order valence-corrected chi connectivity index (χ3v) is 11.5. The Morgan fingerprint density at radius 2 is 1.52 bits per heavy atom. The number of nitriles is 3. The fraction of sp³-hybridized carbons (Fsp3) is 0.152. The molecule has 5 aromatic carbocycles. The first-order chi connectivity index (χ1) is 25.4. The molecule has 2 atom stereocenters.